The fourth-order valence-corrected chi connectivity index (χ4v) is 3.39. The number of aromatic nitrogens is 4. The summed E-state index contributed by atoms with van der Waals surface area (Å²) in [4.78, 5) is 0. The van der Waals surface area contributed by atoms with E-state index >= 15 is 0 Å². The van der Waals surface area contributed by atoms with Crippen molar-refractivity contribution in [1.29, 1.82) is 0 Å². The molecule has 1 aliphatic carbocycles. The highest BCUT2D eigenvalue weighted by atomic mass is 15.5. The minimum absolute atomic E-state index is 0.647. The first-order chi connectivity index (χ1) is 10.3. The largest absolute Gasteiger partial charge is 0.310 e. The van der Waals surface area contributed by atoms with Crippen molar-refractivity contribution in [3.8, 4) is 0 Å². The van der Waals surface area contributed by atoms with E-state index in [-0.39, 0.29) is 0 Å². The smallest absolute Gasteiger partial charge is 0.184 e. The minimum Gasteiger partial charge on any atom is -0.310 e. The Morgan fingerprint density at radius 1 is 1.29 bits per heavy atom. The summed E-state index contributed by atoms with van der Waals surface area (Å²) in [6.07, 6.45) is 5.26. The molecule has 0 spiro atoms. The number of nitrogens with one attached hydrogen (secondary N) is 1. The van der Waals surface area contributed by atoms with Crippen LogP contribution in [0.3, 0.4) is 0 Å². The summed E-state index contributed by atoms with van der Waals surface area (Å²) in [5.74, 6) is 0. The van der Waals surface area contributed by atoms with Crippen LogP contribution >= 0.6 is 0 Å². The van der Waals surface area contributed by atoms with Crippen molar-refractivity contribution in [2.45, 2.75) is 45.2 Å². The molecule has 0 atom stereocenters. The molecule has 1 fully saturated rings. The van der Waals surface area contributed by atoms with Gasteiger partial charge in [-0.15, -0.1) is 5.10 Å². The monoisotopic (exact) mass is 281 g/mol. The summed E-state index contributed by atoms with van der Waals surface area (Å²) in [6.45, 7) is 2.93. The summed E-state index contributed by atoms with van der Waals surface area (Å²) in [5.41, 5.74) is 4.33. The van der Waals surface area contributed by atoms with E-state index in [0.29, 0.717) is 6.04 Å². The van der Waals surface area contributed by atoms with Crippen LogP contribution in [0.5, 0.6) is 0 Å². The maximum atomic E-state index is 4.22. The van der Waals surface area contributed by atoms with Gasteiger partial charge in [0, 0.05) is 23.5 Å². The maximum Gasteiger partial charge on any atom is 0.184 e. The third-order valence-electron chi connectivity index (χ3n) is 4.50. The topological polar surface area (TPSA) is 55.1 Å². The van der Waals surface area contributed by atoms with Crippen LogP contribution in [0.25, 0.3) is 16.6 Å². The lowest BCUT2D eigenvalue weighted by molar-refractivity contribution is 0.525. The normalized spacial score (nSPS) is 16.2. The van der Waals surface area contributed by atoms with E-state index in [1.165, 1.54) is 42.2 Å². The molecule has 1 aliphatic rings. The van der Waals surface area contributed by atoms with E-state index in [4.69, 9.17) is 0 Å². The number of para-hydroxylation sites is 1. The zero-order valence-corrected chi connectivity index (χ0v) is 12.2. The van der Waals surface area contributed by atoms with Gasteiger partial charge in [0.2, 0.25) is 0 Å². The molecule has 108 valence electrons. The van der Waals surface area contributed by atoms with Gasteiger partial charge in [0.25, 0.3) is 0 Å². The molecule has 0 radical (unpaired) electrons. The molecule has 0 saturated heterocycles. The van der Waals surface area contributed by atoms with Gasteiger partial charge in [-0.2, -0.15) is 4.52 Å². The third-order valence-corrected chi connectivity index (χ3v) is 4.50. The van der Waals surface area contributed by atoms with Crippen LogP contribution in [0.4, 0.5) is 0 Å². The van der Waals surface area contributed by atoms with Crippen molar-refractivity contribution < 1.29 is 0 Å². The average molecular weight is 281 g/mol. The molecule has 5 nitrogen and oxygen atoms in total. The Labute approximate surface area is 123 Å². The molecular weight excluding hydrogens is 262 g/mol. The molecular formula is C16H19N5. The second kappa shape index (κ2) is 5.07. The number of aryl methyl sites for hydroxylation is 1. The quantitative estimate of drug-likeness (QED) is 0.802. The Hall–Kier alpha value is -2.01. The Balaban J connectivity index is 1.78. The van der Waals surface area contributed by atoms with Crippen LogP contribution in [-0.2, 0) is 6.54 Å². The fourth-order valence-electron chi connectivity index (χ4n) is 3.39. The summed E-state index contributed by atoms with van der Waals surface area (Å²) < 4.78 is 1.87. The third kappa shape index (κ3) is 2.17. The highest BCUT2D eigenvalue weighted by molar-refractivity contribution is 5.85. The number of hydrogen-bond donors (Lipinski definition) is 1. The van der Waals surface area contributed by atoms with Crippen molar-refractivity contribution in [2.24, 2.45) is 0 Å². The molecule has 1 saturated carbocycles. The second-order valence-corrected chi connectivity index (χ2v) is 5.96. The fraction of sp³-hybridized carbons (Fsp3) is 0.438. The predicted molar refractivity (Wildman–Crippen MR) is 82.1 cm³/mol. The molecule has 1 aromatic carbocycles. The van der Waals surface area contributed by atoms with Crippen molar-refractivity contribution in [3.63, 3.8) is 0 Å². The summed E-state index contributed by atoms with van der Waals surface area (Å²) >= 11 is 0. The van der Waals surface area contributed by atoms with Gasteiger partial charge in [-0.3, -0.25) is 0 Å². The van der Waals surface area contributed by atoms with E-state index < -0.39 is 0 Å². The highest BCUT2D eigenvalue weighted by Gasteiger charge is 2.16. The van der Waals surface area contributed by atoms with Crippen LogP contribution in [-0.4, -0.2) is 26.1 Å². The predicted octanol–water partition coefficient (Wildman–Crippen LogP) is 2.62. The van der Waals surface area contributed by atoms with Gasteiger partial charge in [-0.05, 0) is 41.8 Å². The Bertz CT molecular complexity index is 786. The van der Waals surface area contributed by atoms with E-state index in [0.717, 1.165) is 17.7 Å². The standard InChI is InChI=1S/C16H19N5/c1-11-5-4-6-12-9-13(10-17-14-7-2-3-8-14)16-18-19-20-21(16)15(11)12/h4-6,9,14,17H,2-3,7-8,10H2,1H3. The Kier molecular flexibility index (Phi) is 3.07. The van der Waals surface area contributed by atoms with Crippen LogP contribution in [0.15, 0.2) is 24.3 Å². The van der Waals surface area contributed by atoms with Crippen molar-refractivity contribution in [2.75, 3.05) is 0 Å². The first kappa shape index (κ1) is 12.7. The van der Waals surface area contributed by atoms with Crippen LogP contribution in [0.2, 0.25) is 0 Å². The molecule has 0 unspecified atom stereocenters. The number of rotatable bonds is 3. The van der Waals surface area contributed by atoms with Gasteiger partial charge >= 0.3 is 0 Å². The molecule has 4 rings (SSSR count). The number of hydrogen-bond acceptors (Lipinski definition) is 4. The molecule has 2 heterocycles. The molecule has 3 aromatic rings. The Morgan fingerprint density at radius 3 is 3.00 bits per heavy atom. The lowest BCUT2D eigenvalue weighted by atomic mass is 10.1. The van der Waals surface area contributed by atoms with Crippen LogP contribution in [0, 0.1) is 6.92 Å². The summed E-state index contributed by atoms with van der Waals surface area (Å²) in [7, 11) is 0. The van der Waals surface area contributed by atoms with Crippen LogP contribution in [0.1, 0.15) is 36.8 Å². The Morgan fingerprint density at radius 2 is 2.14 bits per heavy atom. The molecule has 5 heteroatoms. The van der Waals surface area contributed by atoms with Crippen molar-refractivity contribution in [3.05, 3.63) is 35.4 Å². The molecule has 0 amide bonds. The first-order valence-corrected chi connectivity index (χ1v) is 7.65. The number of fused-ring (bicyclic) bond motifs is 3. The minimum atomic E-state index is 0.647. The van der Waals surface area contributed by atoms with E-state index in [1.807, 2.05) is 4.52 Å². The lowest BCUT2D eigenvalue weighted by Crippen LogP contribution is -2.25. The molecule has 1 N–H and O–H groups in total. The number of benzene rings is 1. The summed E-state index contributed by atoms with van der Waals surface area (Å²) in [5, 5.41) is 17.1. The zero-order chi connectivity index (χ0) is 14.2. The molecule has 0 aliphatic heterocycles. The van der Waals surface area contributed by atoms with E-state index in [1.54, 1.807) is 0 Å². The van der Waals surface area contributed by atoms with Gasteiger partial charge in [0.05, 0.1) is 5.52 Å². The van der Waals surface area contributed by atoms with E-state index in [9.17, 15) is 0 Å². The zero-order valence-electron chi connectivity index (χ0n) is 12.2. The molecule has 0 bridgehead atoms. The maximum absolute atomic E-state index is 4.22. The van der Waals surface area contributed by atoms with Gasteiger partial charge in [0.1, 0.15) is 0 Å². The van der Waals surface area contributed by atoms with E-state index in [2.05, 4.69) is 52.0 Å². The number of tetrazole rings is 1. The lowest BCUT2D eigenvalue weighted by Gasteiger charge is -2.13. The first-order valence-electron chi connectivity index (χ1n) is 7.65. The highest BCUT2D eigenvalue weighted by Crippen LogP contribution is 2.23. The van der Waals surface area contributed by atoms with Gasteiger partial charge in [0.15, 0.2) is 5.65 Å². The van der Waals surface area contributed by atoms with Gasteiger partial charge in [-0.1, -0.05) is 31.0 Å². The van der Waals surface area contributed by atoms with Crippen molar-refractivity contribution >= 4 is 16.6 Å². The number of pyridine rings is 1. The van der Waals surface area contributed by atoms with Crippen molar-refractivity contribution in [1.82, 2.24) is 25.4 Å². The summed E-state index contributed by atoms with van der Waals surface area (Å²) in [6, 6.07) is 9.18. The average Bonchev–Trinajstić information content (AvgIpc) is 3.16. The van der Waals surface area contributed by atoms with Crippen LogP contribution < -0.4 is 5.32 Å². The van der Waals surface area contributed by atoms with Gasteiger partial charge < -0.3 is 5.32 Å². The second-order valence-electron chi connectivity index (χ2n) is 5.96. The molecule has 21 heavy (non-hydrogen) atoms. The molecule has 2 aromatic heterocycles. The van der Waals surface area contributed by atoms with Gasteiger partial charge in [-0.25, -0.2) is 0 Å². The number of nitrogens with zero attached hydrogens (tertiary/aromatic N) is 4. The SMILES string of the molecule is Cc1cccc2cc(CNC3CCCC3)c3nnnn3c12.